The Morgan fingerprint density at radius 2 is 1.73 bits per heavy atom. The highest BCUT2D eigenvalue weighted by molar-refractivity contribution is 6.08. The molecule has 0 saturated heterocycles. The van der Waals surface area contributed by atoms with Gasteiger partial charge in [0.2, 0.25) is 0 Å². The molecule has 3 nitrogen and oxygen atoms in total. The molecule has 0 N–H and O–H groups in total. The number of rotatable bonds is 5. The number of ether oxygens (including phenoxy) is 2. The Hall–Kier alpha value is -2.49. The number of hydrogen-bond donors (Lipinski definition) is 0. The van der Waals surface area contributed by atoms with Crippen molar-refractivity contribution in [1.29, 1.82) is 0 Å². The molecule has 110 valence electrons. The minimum absolute atomic E-state index is 0.711. The largest absolute Gasteiger partial charge is 0.497 e. The summed E-state index contributed by atoms with van der Waals surface area (Å²) in [6.07, 6.45) is 4.61. The fourth-order valence-corrected chi connectivity index (χ4v) is 2.41. The molecule has 0 fully saturated rings. The van der Waals surface area contributed by atoms with E-state index in [-0.39, 0.29) is 0 Å². The van der Waals surface area contributed by atoms with E-state index in [0.29, 0.717) is 6.61 Å². The predicted molar refractivity (Wildman–Crippen MR) is 92.6 cm³/mol. The molecule has 4 heteroatoms. The summed E-state index contributed by atoms with van der Waals surface area (Å²) < 4.78 is 10.9. The van der Waals surface area contributed by atoms with E-state index in [1.54, 1.807) is 13.3 Å². The van der Waals surface area contributed by atoms with Crippen LogP contribution in [0, 0.1) is 0 Å². The van der Waals surface area contributed by atoms with E-state index in [2.05, 4.69) is 37.1 Å². The van der Waals surface area contributed by atoms with Gasteiger partial charge in [-0.25, -0.2) is 0 Å². The highest BCUT2D eigenvalue weighted by Crippen LogP contribution is 2.28. The molecular formula is C18H18BNO2. The van der Waals surface area contributed by atoms with Crippen molar-refractivity contribution in [3.63, 3.8) is 0 Å². The molecule has 0 radical (unpaired) electrons. The van der Waals surface area contributed by atoms with E-state index in [1.165, 1.54) is 5.39 Å². The van der Waals surface area contributed by atoms with Gasteiger partial charge < -0.3 is 9.47 Å². The van der Waals surface area contributed by atoms with Crippen molar-refractivity contribution in [1.82, 2.24) is 4.98 Å². The van der Waals surface area contributed by atoms with E-state index < -0.39 is 0 Å². The van der Waals surface area contributed by atoms with Gasteiger partial charge in [-0.3, -0.25) is 4.98 Å². The average molecular weight is 291 g/mol. The van der Waals surface area contributed by atoms with E-state index in [1.807, 2.05) is 24.4 Å². The minimum atomic E-state index is 0.711. The molecule has 22 heavy (non-hydrogen) atoms. The lowest BCUT2D eigenvalue weighted by atomic mass is 10.0. The molecule has 3 rings (SSSR count). The molecular weight excluding hydrogens is 273 g/mol. The van der Waals surface area contributed by atoms with Crippen molar-refractivity contribution < 1.29 is 9.47 Å². The lowest BCUT2D eigenvalue weighted by Crippen LogP contribution is -1.96. The zero-order valence-corrected chi connectivity index (χ0v) is 12.9. The fourth-order valence-electron chi connectivity index (χ4n) is 2.41. The average Bonchev–Trinajstić information content (AvgIpc) is 2.59. The number of methoxy groups -OCH3 is 1. The Kier molecular flexibility index (Phi) is 4.28. The second kappa shape index (κ2) is 6.52. The van der Waals surface area contributed by atoms with E-state index in [9.17, 15) is 0 Å². The third-order valence-corrected chi connectivity index (χ3v) is 3.57. The van der Waals surface area contributed by atoms with Crippen LogP contribution in [0.3, 0.4) is 0 Å². The molecule has 0 saturated carbocycles. The van der Waals surface area contributed by atoms with Crippen LogP contribution in [-0.4, -0.2) is 26.5 Å². The zero-order chi connectivity index (χ0) is 15.4. The fraction of sp³-hybridized carbons (Fsp3) is 0.167. The van der Waals surface area contributed by atoms with Gasteiger partial charge in [0.05, 0.1) is 19.9 Å². The molecule has 0 spiro atoms. The van der Waals surface area contributed by atoms with Gasteiger partial charge in [-0.05, 0) is 46.9 Å². The molecule has 0 atom stereocenters. The van der Waals surface area contributed by atoms with E-state index in [0.717, 1.165) is 34.3 Å². The molecule has 0 aliphatic carbocycles. The van der Waals surface area contributed by atoms with E-state index >= 15 is 0 Å². The second-order valence-electron chi connectivity index (χ2n) is 5.19. The lowest BCUT2D eigenvalue weighted by molar-refractivity contribution is 0.339. The summed E-state index contributed by atoms with van der Waals surface area (Å²) in [6, 6.07) is 14.5. The van der Waals surface area contributed by atoms with Gasteiger partial charge in [0.15, 0.2) is 0 Å². The first-order valence-electron chi connectivity index (χ1n) is 7.46. The molecule has 2 aromatic carbocycles. The topological polar surface area (TPSA) is 31.4 Å². The van der Waals surface area contributed by atoms with Crippen LogP contribution in [0.4, 0.5) is 0 Å². The Labute approximate surface area is 131 Å². The number of pyridine rings is 1. The van der Waals surface area contributed by atoms with Gasteiger partial charge in [-0.2, -0.15) is 0 Å². The zero-order valence-electron chi connectivity index (χ0n) is 12.9. The summed E-state index contributed by atoms with van der Waals surface area (Å²) in [6.45, 7) is 0.711. The van der Waals surface area contributed by atoms with Crippen molar-refractivity contribution >= 4 is 18.6 Å². The number of fused-ring (bicyclic) bond motifs is 1. The maximum atomic E-state index is 5.66. The monoisotopic (exact) mass is 291 g/mol. The summed E-state index contributed by atoms with van der Waals surface area (Å²) in [5.74, 6) is 1.69. The van der Waals surface area contributed by atoms with Crippen molar-refractivity contribution in [3.8, 4) is 22.6 Å². The summed E-state index contributed by atoms with van der Waals surface area (Å²) in [5.41, 5.74) is 2.19. The molecule has 0 aliphatic heterocycles. The molecule has 3 aromatic rings. The van der Waals surface area contributed by atoms with Crippen molar-refractivity contribution in [2.24, 2.45) is 0 Å². The number of benzene rings is 2. The predicted octanol–water partition coefficient (Wildman–Crippen LogP) is 3.34. The van der Waals surface area contributed by atoms with Crippen LogP contribution in [0.15, 0.2) is 54.9 Å². The maximum absolute atomic E-state index is 5.66. The minimum Gasteiger partial charge on any atom is -0.497 e. The standard InChI is InChI=1S/C18H18BNO2/c1-21-17-5-4-13-8-14(2-3-15(13)9-17)16-10-18(12-20-11-16)22-7-6-19/h2-5,8-12H,6-7,19H2,1H3. The smallest absolute Gasteiger partial charge is 0.138 e. The van der Waals surface area contributed by atoms with Crippen molar-refractivity contribution in [3.05, 3.63) is 54.9 Å². The van der Waals surface area contributed by atoms with Crippen LogP contribution >= 0.6 is 0 Å². The Balaban J connectivity index is 1.96. The van der Waals surface area contributed by atoms with Crippen LogP contribution in [0.5, 0.6) is 11.5 Å². The van der Waals surface area contributed by atoms with Gasteiger partial charge in [0.25, 0.3) is 0 Å². The first-order chi connectivity index (χ1) is 10.8. The maximum Gasteiger partial charge on any atom is 0.138 e. The summed E-state index contributed by atoms with van der Waals surface area (Å²) in [5, 5.41) is 2.34. The van der Waals surface area contributed by atoms with Gasteiger partial charge >= 0.3 is 0 Å². The Morgan fingerprint density at radius 1 is 0.909 bits per heavy atom. The molecule has 0 aliphatic rings. The summed E-state index contributed by atoms with van der Waals surface area (Å²) >= 11 is 0. The molecule has 0 bridgehead atoms. The second-order valence-corrected chi connectivity index (χ2v) is 5.19. The molecule has 0 amide bonds. The van der Waals surface area contributed by atoms with Gasteiger partial charge in [0.1, 0.15) is 19.3 Å². The molecule has 1 heterocycles. The molecule has 1 aromatic heterocycles. The first kappa shape index (κ1) is 14.5. The van der Waals surface area contributed by atoms with Gasteiger partial charge in [0, 0.05) is 11.8 Å². The third-order valence-electron chi connectivity index (χ3n) is 3.57. The Morgan fingerprint density at radius 3 is 2.55 bits per heavy atom. The van der Waals surface area contributed by atoms with Crippen molar-refractivity contribution in [2.45, 2.75) is 6.32 Å². The SMILES string of the molecule is BCCOc1cncc(-c2ccc3cc(OC)ccc3c2)c1. The number of hydrogen-bond acceptors (Lipinski definition) is 3. The highest BCUT2D eigenvalue weighted by Gasteiger charge is 2.03. The lowest BCUT2D eigenvalue weighted by Gasteiger charge is -2.08. The molecule has 0 unspecified atom stereocenters. The van der Waals surface area contributed by atoms with Crippen LogP contribution in [0.2, 0.25) is 6.32 Å². The van der Waals surface area contributed by atoms with Gasteiger partial charge in [-0.15, -0.1) is 0 Å². The summed E-state index contributed by atoms with van der Waals surface area (Å²) in [4.78, 5) is 4.28. The van der Waals surface area contributed by atoms with Crippen LogP contribution < -0.4 is 9.47 Å². The normalized spacial score (nSPS) is 10.6. The van der Waals surface area contributed by atoms with Crippen LogP contribution in [0.25, 0.3) is 21.9 Å². The number of nitrogens with zero attached hydrogens (tertiary/aromatic N) is 1. The van der Waals surface area contributed by atoms with Crippen LogP contribution in [-0.2, 0) is 0 Å². The van der Waals surface area contributed by atoms with E-state index in [4.69, 9.17) is 9.47 Å². The number of aromatic nitrogens is 1. The third kappa shape index (κ3) is 3.06. The first-order valence-corrected chi connectivity index (χ1v) is 7.46. The highest BCUT2D eigenvalue weighted by atomic mass is 16.5. The summed E-state index contributed by atoms with van der Waals surface area (Å²) in [7, 11) is 3.78. The Bertz CT molecular complexity index is 789. The van der Waals surface area contributed by atoms with Crippen LogP contribution in [0.1, 0.15) is 0 Å². The van der Waals surface area contributed by atoms with Crippen molar-refractivity contribution in [2.75, 3.05) is 13.7 Å². The van der Waals surface area contributed by atoms with Gasteiger partial charge in [-0.1, -0.05) is 18.2 Å². The quantitative estimate of drug-likeness (QED) is 0.676.